The number of aryl methyl sites for hydroxylation is 2. The van der Waals surface area contributed by atoms with Crippen LogP contribution in [0.15, 0.2) is 30.3 Å². The predicted octanol–water partition coefficient (Wildman–Crippen LogP) is 4.93. The van der Waals surface area contributed by atoms with Crippen molar-refractivity contribution in [3.05, 3.63) is 52.0 Å². The lowest BCUT2D eigenvalue weighted by atomic mass is 9.93. The Kier molecular flexibility index (Phi) is 4.28. The van der Waals surface area contributed by atoms with E-state index in [1.54, 1.807) is 0 Å². The van der Waals surface area contributed by atoms with E-state index in [-0.39, 0.29) is 6.10 Å². The lowest BCUT2D eigenvalue weighted by Crippen LogP contribution is -2.31. The summed E-state index contributed by atoms with van der Waals surface area (Å²) in [5.41, 5.74) is 6.15. The van der Waals surface area contributed by atoms with Gasteiger partial charge in [0.05, 0.1) is 0 Å². The largest absolute Gasteiger partial charge is 0.488 e. The van der Waals surface area contributed by atoms with Crippen molar-refractivity contribution in [1.29, 1.82) is 0 Å². The third kappa shape index (κ3) is 3.18. The molecule has 0 spiro atoms. The molecule has 0 radical (unpaired) electrons. The van der Waals surface area contributed by atoms with Gasteiger partial charge in [-0.15, -0.1) is 0 Å². The second kappa shape index (κ2) is 6.42. The summed E-state index contributed by atoms with van der Waals surface area (Å²) in [6, 6.07) is 10.5. The van der Waals surface area contributed by atoms with E-state index in [1.807, 2.05) is 0 Å². The fraction of sp³-hybridized carbons (Fsp3) is 0.429. The van der Waals surface area contributed by atoms with E-state index in [0.29, 0.717) is 0 Å². The topological polar surface area (TPSA) is 21.3 Å². The van der Waals surface area contributed by atoms with Crippen molar-refractivity contribution in [2.75, 3.05) is 13.1 Å². The maximum absolute atomic E-state index is 6.41. The monoisotopic (exact) mass is 341 g/mol. The number of rotatable bonds is 5. The fourth-order valence-corrected chi connectivity index (χ4v) is 3.94. The summed E-state index contributed by atoms with van der Waals surface area (Å²) in [6.45, 7) is 6.34. The van der Waals surface area contributed by atoms with Gasteiger partial charge in [0.25, 0.3) is 0 Å². The molecule has 0 aromatic heterocycles. The minimum atomic E-state index is 0.209. The lowest BCUT2D eigenvalue weighted by molar-refractivity contribution is 0.228. The molecular weight excluding hydrogens is 318 g/mol. The van der Waals surface area contributed by atoms with Crippen LogP contribution >= 0.6 is 11.6 Å². The zero-order valence-corrected chi connectivity index (χ0v) is 15.1. The highest BCUT2D eigenvalue weighted by Crippen LogP contribution is 2.43. The number of fused-ring (bicyclic) bond motifs is 1. The van der Waals surface area contributed by atoms with Gasteiger partial charge in [0.15, 0.2) is 0 Å². The van der Waals surface area contributed by atoms with Crippen LogP contribution in [0.3, 0.4) is 0 Å². The molecule has 1 atom stereocenters. The van der Waals surface area contributed by atoms with Crippen molar-refractivity contribution < 1.29 is 4.74 Å². The Morgan fingerprint density at radius 2 is 1.88 bits per heavy atom. The van der Waals surface area contributed by atoms with Crippen LogP contribution in [0.1, 0.15) is 29.5 Å². The van der Waals surface area contributed by atoms with E-state index in [1.165, 1.54) is 35.1 Å². The minimum absolute atomic E-state index is 0.209. The average Bonchev–Trinajstić information content (AvgIpc) is 3.25. The summed E-state index contributed by atoms with van der Waals surface area (Å²) in [5, 5.41) is 4.36. The van der Waals surface area contributed by atoms with Crippen LogP contribution in [0.5, 0.6) is 5.75 Å². The molecule has 1 saturated carbocycles. The Labute approximate surface area is 149 Å². The lowest BCUT2D eigenvalue weighted by Gasteiger charge is -2.16. The Balaban J connectivity index is 1.62. The quantitative estimate of drug-likeness (QED) is 0.832. The molecule has 24 heavy (non-hydrogen) atoms. The van der Waals surface area contributed by atoms with Crippen molar-refractivity contribution in [2.45, 2.75) is 39.2 Å². The third-order valence-corrected chi connectivity index (χ3v) is 5.33. The van der Waals surface area contributed by atoms with Crippen LogP contribution in [-0.4, -0.2) is 19.2 Å². The molecule has 1 aliphatic heterocycles. The molecule has 1 unspecified atom stereocenters. The van der Waals surface area contributed by atoms with Crippen LogP contribution in [0.2, 0.25) is 5.02 Å². The third-order valence-electron chi connectivity index (χ3n) is 5.12. The molecule has 2 aromatic carbocycles. The molecule has 1 heterocycles. The molecule has 0 amide bonds. The van der Waals surface area contributed by atoms with Crippen LogP contribution in [0, 0.1) is 19.8 Å². The Morgan fingerprint density at radius 3 is 2.58 bits per heavy atom. The predicted molar refractivity (Wildman–Crippen MR) is 100 cm³/mol. The SMILES string of the molecule is Cc1cccc(C)c1-c1cc(Cl)cc2c1OC(CNCC1CC1)C2. The minimum Gasteiger partial charge on any atom is -0.488 e. The molecule has 0 saturated heterocycles. The highest BCUT2D eigenvalue weighted by Gasteiger charge is 2.28. The van der Waals surface area contributed by atoms with Crippen LogP contribution in [0.4, 0.5) is 0 Å². The van der Waals surface area contributed by atoms with Gasteiger partial charge in [-0.2, -0.15) is 0 Å². The number of benzene rings is 2. The van der Waals surface area contributed by atoms with Gasteiger partial charge in [-0.1, -0.05) is 29.8 Å². The Morgan fingerprint density at radius 1 is 1.12 bits per heavy atom. The first-order valence-corrected chi connectivity index (χ1v) is 9.26. The van der Waals surface area contributed by atoms with Gasteiger partial charge in [0, 0.05) is 23.6 Å². The molecule has 4 rings (SSSR count). The van der Waals surface area contributed by atoms with E-state index < -0.39 is 0 Å². The summed E-state index contributed by atoms with van der Waals surface area (Å²) in [6.07, 6.45) is 3.90. The van der Waals surface area contributed by atoms with Gasteiger partial charge in [-0.25, -0.2) is 0 Å². The fourth-order valence-electron chi connectivity index (χ4n) is 3.70. The molecule has 1 fully saturated rings. The molecule has 1 aliphatic carbocycles. The van der Waals surface area contributed by atoms with Crippen LogP contribution in [-0.2, 0) is 6.42 Å². The second-order valence-electron chi connectivity index (χ2n) is 7.25. The van der Waals surface area contributed by atoms with Crippen molar-refractivity contribution in [2.24, 2.45) is 5.92 Å². The molecule has 2 nitrogen and oxygen atoms in total. The summed E-state index contributed by atoms with van der Waals surface area (Å²) in [7, 11) is 0. The van der Waals surface area contributed by atoms with E-state index in [0.717, 1.165) is 41.8 Å². The molecule has 3 heteroatoms. The highest BCUT2D eigenvalue weighted by molar-refractivity contribution is 6.31. The first kappa shape index (κ1) is 16.0. The first-order valence-electron chi connectivity index (χ1n) is 8.88. The summed E-state index contributed by atoms with van der Waals surface area (Å²) in [5.74, 6) is 1.92. The normalized spacial score (nSPS) is 19.2. The summed E-state index contributed by atoms with van der Waals surface area (Å²) in [4.78, 5) is 0. The molecule has 2 aromatic rings. The molecule has 126 valence electrons. The smallest absolute Gasteiger partial charge is 0.131 e. The first-order chi connectivity index (χ1) is 11.6. The van der Waals surface area contributed by atoms with E-state index >= 15 is 0 Å². The maximum Gasteiger partial charge on any atom is 0.131 e. The van der Waals surface area contributed by atoms with Gasteiger partial charge in [0.2, 0.25) is 0 Å². The maximum atomic E-state index is 6.41. The van der Waals surface area contributed by atoms with E-state index in [4.69, 9.17) is 16.3 Å². The van der Waals surface area contributed by atoms with Crippen molar-refractivity contribution in [1.82, 2.24) is 5.32 Å². The summed E-state index contributed by atoms with van der Waals surface area (Å²) >= 11 is 6.41. The highest BCUT2D eigenvalue weighted by atomic mass is 35.5. The number of nitrogens with one attached hydrogen (secondary N) is 1. The van der Waals surface area contributed by atoms with Gasteiger partial charge < -0.3 is 10.1 Å². The van der Waals surface area contributed by atoms with Gasteiger partial charge >= 0.3 is 0 Å². The Bertz CT molecular complexity index is 746. The summed E-state index contributed by atoms with van der Waals surface area (Å²) < 4.78 is 6.34. The number of hydrogen-bond donors (Lipinski definition) is 1. The number of ether oxygens (including phenoxy) is 1. The second-order valence-corrected chi connectivity index (χ2v) is 7.69. The van der Waals surface area contributed by atoms with Gasteiger partial charge in [0.1, 0.15) is 11.9 Å². The Hall–Kier alpha value is -1.51. The molecular formula is C21H24ClNO. The molecule has 1 N–H and O–H groups in total. The number of hydrogen-bond acceptors (Lipinski definition) is 2. The van der Waals surface area contributed by atoms with Gasteiger partial charge in [-0.3, -0.25) is 0 Å². The van der Waals surface area contributed by atoms with Crippen LogP contribution in [0.25, 0.3) is 11.1 Å². The van der Waals surface area contributed by atoms with Crippen molar-refractivity contribution >= 4 is 11.6 Å². The molecule has 0 bridgehead atoms. The molecule has 2 aliphatic rings. The average molecular weight is 342 g/mol. The standard InChI is InChI=1S/C21H24ClNO/c1-13-4-3-5-14(2)20(13)19-10-17(22)8-16-9-18(24-21(16)19)12-23-11-15-6-7-15/h3-5,8,10,15,18,23H,6-7,9,11-12H2,1-2H3. The van der Waals surface area contributed by atoms with Crippen molar-refractivity contribution in [3.8, 4) is 16.9 Å². The van der Waals surface area contributed by atoms with E-state index in [2.05, 4.69) is 49.5 Å². The van der Waals surface area contributed by atoms with Gasteiger partial charge in [-0.05, 0) is 73.5 Å². The van der Waals surface area contributed by atoms with E-state index in [9.17, 15) is 0 Å². The van der Waals surface area contributed by atoms with Crippen molar-refractivity contribution in [3.63, 3.8) is 0 Å². The zero-order chi connectivity index (χ0) is 16.7. The van der Waals surface area contributed by atoms with Crippen LogP contribution < -0.4 is 10.1 Å². The zero-order valence-electron chi connectivity index (χ0n) is 14.4. The number of halogens is 1.